The third-order valence-corrected chi connectivity index (χ3v) is 5.29. The highest BCUT2D eigenvalue weighted by Crippen LogP contribution is 2.32. The third-order valence-electron chi connectivity index (χ3n) is 3.50. The van der Waals surface area contributed by atoms with E-state index in [0.717, 1.165) is 17.1 Å². The van der Waals surface area contributed by atoms with Gasteiger partial charge in [0.1, 0.15) is 4.90 Å². The fourth-order valence-electron chi connectivity index (χ4n) is 2.09. The number of halogens is 2. The van der Waals surface area contributed by atoms with Gasteiger partial charge in [0.2, 0.25) is 15.9 Å². The predicted octanol–water partition coefficient (Wildman–Crippen LogP) is 0.399. The largest absolute Gasteiger partial charge is 0.351 e. The van der Waals surface area contributed by atoms with Crippen LogP contribution in [-0.4, -0.2) is 49.8 Å². The number of pyridine rings is 1. The minimum atomic E-state index is -3.70. The van der Waals surface area contributed by atoms with E-state index >= 15 is 0 Å². The summed E-state index contributed by atoms with van der Waals surface area (Å²) in [4.78, 5) is 15.8. The molecule has 0 aromatic carbocycles. The number of carbonyl (C=O) groups excluding carboxylic acids is 1. The molecule has 1 aromatic heterocycles. The molecule has 3 N–H and O–H groups in total. The molecule has 1 atom stereocenters. The number of sulfonamides is 1. The number of nitrogens with zero attached hydrogens (tertiary/aromatic N) is 2. The third kappa shape index (κ3) is 5.89. The normalized spacial score (nSPS) is 15.3. The Kier molecular flexibility index (Phi) is 9.01. The molecule has 2 rings (SSSR count). The summed E-state index contributed by atoms with van der Waals surface area (Å²) in [7, 11) is -2.33. The summed E-state index contributed by atoms with van der Waals surface area (Å²) in [5, 5.41) is 2.80. The zero-order chi connectivity index (χ0) is 15.5. The lowest BCUT2D eigenvalue weighted by atomic mass is 10.2. The summed E-state index contributed by atoms with van der Waals surface area (Å²) in [5.41, 5.74) is 5.61. The van der Waals surface area contributed by atoms with E-state index in [0.29, 0.717) is 12.5 Å². The smallest absolute Gasteiger partial charge is 0.244 e. The maximum absolute atomic E-state index is 12.3. The van der Waals surface area contributed by atoms with Crippen molar-refractivity contribution in [2.75, 3.05) is 20.1 Å². The van der Waals surface area contributed by atoms with E-state index in [9.17, 15) is 13.2 Å². The van der Waals surface area contributed by atoms with Crippen molar-refractivity contribution in [1.29, 1.82) is 0 Å². The summed E-state index contributed by atoms with van der Waals surface area (Å²) < 4.78 is 25.5. The topological polar surface area (TPSA) is 105 Å². The Bertz CT molecular complexity index is 596. The quantitative estimate of drug-likeness (QED) is 0.707. The number of nitrogens with two attached hydrogens (primary N) is 1. The summed E-state index contributed by atoms with van der Waals surface area (Å²) in [6, 6.07) is 2.93. The molecule has 0 radical (unpaired) electrons. The van der Waals surface area contributed by atoms with Gasteiger partial charge >= 0.3 is 0 Å². The zero-order valence-corrected chi connectivity index (χ0v) is 15.2. The van der Waals surface area contributed by atoms with Gasteiger partial charge in [-0.15, -0.1) is 24.8 Å². The van der Waals surface area contributed by atoms with Gasteiger partial charge in [-0.25, -0.2) is 8.42 Å². The van der Waals surface area contributed by atoms with Gasteiger partial charge in [0.25, 0.3) is 0 Å². The van der Waals surface area contributed by atoms with Gasteiger partial charge in [0.05, 0.1) is 6.54 Å². The van der Waals surface area contributed by atoms with E-state index in [4.69, 9.17) is 5.73 Å². The van der Waals surface area contributed by atoms with Crippen molar-refractivity contribution < 1.29 is 13.2 Å². The zero-order valence-electron chi connectivity index (χ0n) is 12.7. The predicted molar refractivity (Wildman–Crippen MR) is 92.3 cm³/mol. The maximum Gasteiger partial charge on any atom is 0.244 e. The number of carbonyl (C=O) groups is 1. The van der Waals surface area contributed by atoms with Gasteiger partial charge in [-0.1, -0.05) is 0 Å². The molecule has 1 aromatic rings. The molecule has 23 heavy (non-hydrogen) atoms. The summed E-state index contributed by atoms with van der Waals surface area (Å²) in [6.45, 7) is 0.135. The number of hydrogen-bond donors (Lipinski definition) is 2. The molecule has 132 valence electrons. The Balaban J connectivity index is 0.00000242. The number of hydrogen-bond acceptors (Lipinski definition) is 5. The first-order valence-electron chi connectivity index (χ1n) is 6.81. The van der Waals surface area contributed by atoms with Crippen LogP contribution in [0.4, 0.5) is 0 Å². The highest BCUT2D eigenvalue weighted by Gasteiger charge is 2.32. The molecule has 1 aliphatic carbocycles. The van der Waals surface area contributed by atoms with Crippen LogP contribution in [0.3, 0.4) is 0 Å². The second-order valence-electron chi connectivity index (χ2n) is 5.20. The minimum absolute atomic E-state index is 0. The SMILES string of the molecule is CN(CC(=O)NC(CN)C1CC1)S(=O)(=O)c1cccnc1.Cl.Cl. The Morgan fingerprint density at radius 3 is 2.61 bits per heavy atom. The van der Waals surface area contributed by atoms with Crippen molar-refractivity contribution in [1.82, 2.24) is 14.6 Å². The standard InChI is InChI=1S/C13H20N4O3S.2ClH/c1-17(21(19,20)11-3-2-6-15-8-11)9-13(18)16-12(7-14)10-4-5-10;;/h2-3,6,8,10,12H,4-5,7,9,14H2,1H3,(H,16,18);2*1H. The van der Waals surface area contributed by atoms with Crippen LogP contribution < -0.4 is 11.1 Å². The molecular formula is C13H22Cl2N4O3S. The van der Waals surface area contributed by atoms with Crippen molar-refractivity contribution in [3.63, 3.8) is 0 Å². The van der Waals surface area contributed by atoms with Gasteiger partial charge in [-0.05, 0) is 30.9 Å². The monoisotopic (exact) mass is 384 g/mol. The molecule has 10 heteroatoms. The lowest BCUT2D eigenvalue weighted by Crippen LogP contribution is -2.46. The average Bonchev–Trinajstić information content (AvgIpc) is 3.30. The van der Waals surface area contributed by atoms with E-state index in [2.05, 4.69) is 10.3 Å². The van der Waals surface area contributed by atoms with Gasteiger partial charge in [-0.2, -0.15) is 4.31 Å². The van der Waals surface area contributed by atoms with E-state index in [1.54, 1.807) is 6.07 Å². The van der Waals surface area contributed by atoms with E-state index in [-0.39, 0.29) is 48.2 Å². The highest BCUT2D eigenvalue weighted by molar-refractivity contribution is 7.89. The molecule has 1 unspecified atom stereocenters. The number of nitrogens with one attached hydrogen (secondary N) is 1. The molecule has 0 saturated heterocycles. The molecule has 0 aliphatic heterocycles. The minimum Gasteiger partial charge on any atom is -0.351 e. The first kappa shape index (κ1) is 22.1. The van der Waals surface area contributed by atoms with Crippen molar-refractivity contribution in [3.8, 4) is 0 Å². The lowest BCUT2D eigenvalue weighted by molar-refractivity contribution is -0.121. The Morgan fingerprint density at radius 2 is 2.13 bits per heavy atom. The molecule has 1 fully saturated rings. The summed E-state index contributed by atoms with van der Waals surface area (Å²) in [6.07, 6.45) is 4.88. The van der Waals surface area contributed by atoms with Crippen LogP contribution in [-0.2, 0) is 14.8 Å². The van der Waals surface area contributed by atoms with Crippen LogP contribution in [0.25, 0.3) is 0 Å². The van der Waals surface area contributed by atoms with E-state index in [1.807, 2.05) is 0 Å². The number of amides is 1. The average molecular weight is 385 g/mol. The summed E-state index contributed by atoms with van der Waals surface area (Å²) >= 11 is 0. The number of rotatable bonds is 7. The molecule has 0 bridgehead atoms. The van der Waals surface area contributed by atoms with Crippen LogP contribution in [0, 0.1) is 5.92 Å². The maximum atomic E-state index is 12.3. The molecule has 7 nitrogen and oxygen atoms in total. The Morgan fingerprint density at radius 1 is 1.48 bits per heavy atom. The number of likely N-dealkylation sites (N-methyl/N-ethyl adjacent to an activating group) is 1. The van der Waals surface area contributed by atoms with Gasteiger partial charge in [-0.3, -0.25) is 9.78 Å². The Labute approximate surface area is 148 Å². The van der Waals surface area contributed by atoms with Gasteiger partial charge in [0.15, 0.2) is 0 Å². The second kappa shape index (κ2) is 9.39. The van der Waals surface area contributed by atoms with Gasteiger partial charge in [0, 0.05) is 32.0 Å². The van der Waals surface area contributed by atoms with Crippen molar-refractivity contribution in [3.05, 3.63) is 24.5 Å². The van der Waals surface area contributed by atoms with E-state index < -0.39 is 10.0 Å². The molecule has 1 aliphatic rings. The van der Waals surface area contributed by atoms with Crippen LogP contribution in [0.15, 0.2) is 29.4 Å². The molecule has 1 heterocycles. The van der Waals surface area contributed by atoms with Crippen LogP contribution in [0.5, 0.6) is 0 Å². The van der Waals surface area contributed by atoms with Crippen molar-refractivity contribution in [2.45, 2.75) is 23.8 Å². The lowest BCUT2D eigenvalue weighted by Gasteiger charge is -2.20. The fraction of sp³-hybridized carbons (Fsp3) is 0.538. The fourth-order valence-corrected chi connectivity index (χ4v) is 3.18. The Hall–Kier alpha value is -0.930. The first-order valence-corrected chi connectivity index (χ1v) is 8.25. The van der Waals surface area contributed by atoms with Crippen molar-refractivity contribution in [2.24, 2.45) is 11.7 Å². The number of aromatic nitrogens is 1. The second-order valence-corrected chi connectivity index (χ2v) is 7.24. The first-order chi connectivity index (χ1) is 9.95. The molecule has 0 spiro atoms. The van der Waals surface area contributed by atoms with Gasteiger partial charge < -0.3 is 11.1 Å². The van der Waals surface area contributed by atoms with Crippen molar-refractivity contribution >= 4 is 40.7 Å². The van der Waals surface area contributed by atoms with Crippen LogP contribution in [0.1, 0.15) is 12.8 Å². The van der Waals surface area contributed by atoms with Crippen LogP contribution in [0.2, 0.25) is 0 Å². The van der Waals surface area contributed by atoms with E-state index in [1.165, 1.54) is 25.5 Å². The molecular weight excluding hydrogens is 363 g/mol. The molecule has 1 saturated carbocycles. The summed E-state index contributed by atoms with van der Waals surface area (Å²) in [5.74, 6) is 0.0894. The highest BCUT2D eigenvalue weighted by atomic mass is 35.5. The molecule has 1 amide bonds. The van der Waals surface area contributed by atoms with Crippen LogP contribution >= 0.6 is 24.8 Å².